The van der Waals surface area contributed by atoms with Gasteiger partial charge in [-0.15, -0.1) is 0 Å². The summed E-state index contributed by atoms with van der Waals surface area (Å²) in [6, 6.07) is 51.8. The molecular formula is C45H31N5. The number of rotatable bonds is 5. The monoisotopic (exact) mass is 641 g/mol. The number of nitrogens with zero attached hydrogens (tertiary/aromatic N) is 4. The summed E-state index contributed by atoms with van der Waals surface area (Å²) in [5.41, 5.74) is 14.4. The van der Waals surface area contributed by atoms with Gasteiger partial charge in [-0.2, -0.15) is 0 Å². The Morgan fingerprint density at radius 2 is 1.08 bits per heavy atom. The van der Waals surface area contributed by atoms with Crippen LogP contribution >= 0.6 is 0 Å². The number of hydrogen-bond donors (Lipinski definition) is 1. The maximum atomic E-state index is 4.70. The van der Waals surface area contributed by atoms with Gasteiger partial charge in [0.05, 0.1) is 39.3 Å². The van der Waals surface area contributed by atoms with Gasteiger partial charge in [0.25, 0.3) is 0 Å². The van der Waals surface area contributed by atoms with Crippen molar-refractivity contribution >= 4 is 44.5 Å². The number of anilines is 1. The first kappa shape index (κ1) is 28.3. The second-order valence-electron chi connectivity index (χ2n) is 12.7. The molecule has 0 fully saturated rings. The molecule has 0 saturated heterocycles. The number of aromatic nitrogens is 4. The Morgan fingerprint density at radius 1 is 0.460 bits per heavy atom. The predicted molar refractivity (Wildman–Crippen MR) is 207 cm³/mol. The highest BCUT2D eigenvalue weighted by molar-refractivity contribution is 6.11. The highest BCUT2D eigenvalue weighted by Gasteiger charge is 2.21. The number of hydrogen-bond acceptors (Lipinski definition) is 3. The molecule has 0 saturated carbocycles. The summed E-state index contributed by atoms with van der Waals surface area (Å²) >= 11 is 0. The molecule has 4 aromatic heterocycles. The van der Waals surface area contributed by atoms with Crippen molar-refractivity contribution in [1.29, 1.82) is 0 Å². The van der Waals surface area contributed by atoms with Crippen LogP contribution in [0.4, 0.5) is 5.69 Å². The van der Waals surface area contributed by atoms with Crippen molar-refractivity contribution in [3.8, 4) is 45.0 Å². The van der Waals surface area contributed by atoms with E-state index >= 15 is 0 Å². The number of benzene rings is 5. The largest absolute Gasteiger partial charge is 0.379 e. The highest BCUT2D eigenvalue weighted by atomic mass is 15.0. The Hall–Kier alpha value is -6.72. The molecule has 0 bridgehead atoms. The van der Waals surface area contributed by atoms with Crippen LogP contribution in [0.5, 0.6) is 0 Å². The molecule has 10 rings (SSSR count). The summed E-state index contributed by atoms with van der Waals surface area (Å²) in [5, 5.41) is 7.40. The molecule has 5 nitrogen and oxygen atoms in total. The first-order valence-electron chi connectivity index (χ1n) is 17.0. The van der Waals surface area contributed by atoms with Crippen LogP contribution in [-0.4, -0.2) is 25.6 Å². The van der Waals surface area contributed by atoms with Crippen molar-refractivity contribution in [2.45, 2.75) is 0 Å². The van der Waals surface area contributed by atoms with Gasteiger partial charge in [-0.1, -0.05) is 66.7 Å². The zero-order valence-electron chi connectivity index (χ0n) is 27.2. The van der Waals surface area contributed by atoms with Crippen LogP contribution in [0.3, 0.4) is 0 Å². The van der Waals surface area contributed by atoms with Crippen LogP contribution in [0.15, 0.2) is 164 Å². The molecule has 0 aliphatic carbocycles. The van der Waals surface area contributed by atoms with Crippen molar-refractivity contribution in [3.05, 3.63) is 170 Å². The lowest BCUT2D eigenvalue weighted by Gasteiger charge is -2.16. The van der Waals surface area contributed by atoms with Crippen molar-refractivity contribution in [2.75, 3.05) is 11.9 Å². The lowest BCUT2D eigenvalue weighted by atomic mass is 10.0. The fraction of sp³-hybridized carbons (Fsp3) is 0.0222. The minimum atomic E-state index is 0.786. The minimum Gasteiger partial charge on any atom is -0.379 e. The van der Waals surface area contributed by atoms with E-state index in [0.29, 0.717) is 0 Å². The van der Waals surface area contributed by atoms with E-state index in [1.54, 1.807) is 0 Å². The lowest BCUT2D eigenvalue weighted by molar-refractivity contribution is 1.10. The summed E-state index contributed by atoms with van der Waals surface area (Å²) < 4.78 is 4.73. The summed E-state index contributed by atoms with van der Waals surface area (Å²) in [6.07, 6.45) is 8.13. The molecule has 1 aliphatic rings. The van der Waals surface area contributed by atoms with Crippen molar-refractivity contribution in [3.63, 3.8) is 0 Å². The van der Waals surface area contributed by atoms with Crippen molar-refractivity contribution in [2.24, 2.45) is 0 Å². The van der Waals surface area contributed by atoms with Crippen LogP contribution in [0, 0.1) is 0 Å². The molecule has 1 N–H and O–H groups in total. The van der Waals surface area contributed by atoms with E-state index in [-0.39, 0.29) is 0 Å². The average molecular weight is 642 g/mol. The zero-order valence-corrected chi connectivity index (χ0v) is 27.2. The van der Waals surface area contributed by atoms with E-state index in [4.69, 9.17) is 9.97 Å². The number of fused-ring (bicyclic) bond motifs is 6. The lowest BCUT2D eigenvalue weighted by Crippen LogP contribution is -2.06. The van der Waals surface area contributed by atoms with E-state index in [1.165, 1.54) is 44.0 Å². The summed E-state index contributed by atoms with van der Waals surface area (Å²) in [5.74, 6) is 0. The molecule has 9 aromatic rings. The van der Waals surface area contributed by atoms with E-state index in [0.717, 1.165) is 51.6 Å². The van der Waals surface area contributed by atoms with E-state index in [1.807, 2.05) is 36.7 Å². The van der Waals surface area contributed by atoms with Gasteiger partial charge in [0, 0.05) is 57.6 Å². The van der Waals surface area contributed by atoms with Crippen LogP contribution < -0.4 is 5.32 Å². The normalized spacial score (nSPS) is 12.4. The Balaban J connectivity index is 1.16. The minimum absolute atomic E-state index is 0.786. The maximum absolute atomic E-state index is 4.70. The van der Waals surface area contributed by atoms with Crippen LogP contribution in [-0.2, 0) is 0 Å². The van der Waals surface area contributed by atoms with Gasteiger partial charge < -0.3 is 14.5 Å². The zero-order chi connectivity index (χ0) is 33.0. The molecule has 0 radical (unpaired) electrons. The van der Waals surface area contributed by atoms with Gasteiger partial charge in [-0.3, -0.25) is 9.97 Å². The Bertz CT molecular complexity index is 2680. The van der Waals surface area contributed by atoms with E-state index in [2.05, 4.69) is 148 Å². The maximum Gasteiger partial charge on any atom is 0.0702 e. The molecule has 0 unspecified atom stereocenters. The van der Waals surface area contributed by atoms with E-state index in [9.17, 15) is 0 Å². The van der Waals surface area contributed by atoms with Gasteiger partial charge in [-0.25, -0.2) is 0 Å². The van der Waals surface area contributed by atoms with Gasteiger partial charge in [0.2, 0.25) is 0 Å². The Morgan fingerprint density at radius 3 is 1.78 bits per heavy atom. The highest BCUT2D eigenvalue weighted by Crippen LogP contribution is 2.41. The van der Waals surface area contributed by atoms with Crippen molar-refractivity contribution in [1.82, 2.24) is 19.1 Å². The second-order valence-corrected chi connectivity index (χ2v) is 12.7. The third-order valence-electron chi connectivity index (χ3n) is 9.79. The molecule has 1 aliphatic heterocycles. The quantitative estimate of drug-likeness (QED) is 0.203. The van der Waals surface area contributed by atoms with Crippen molar-refractivity contribution < 1.29 is 0 Å². The summed E-state index contributed by atoms with van der Waals surface area (Å²) in [7, 11) is 0. The predicted octanol–water partition coefficient (Wildman–Crippen LogP) is 11.0. The number of pyridine rings is 2. The molecule has 236 valence electrons. The molecular weight excluding hydrogens is 611 g/mol. The summed E-state index contributed by atoms with van der Waals surface area (Å²) in [6.45, 7) is 0.786. The molecule has 5 aromatic carbocycles. The Kier molecular flexibility index (Phi) is 6.49. The van der Waals surface area contributed by atoms with Gasteiger partial charge >= 0.3 is 0 Å². The Labute approximate surface area is 289 Å². The van der Waals surface area contributed by atoms with Gasteiger partial charge in [0.1, 0.15) is 0 Å². The molecule has 5 heteroatoms. The van der Waals surface area contributed by atoms with Gasteiger partial charge in [-0.05, 0) is 102 Å². The third-order valence-corrected chi connectivity index (χ3v) is 9.79. The standard InChI is InChI=1S/C45H31N5/c1-2-11-34(12-3-1)49-41-16-5-4-13-36(41)37-28-30(18-20-42(37)49)31-19-21-43-38(29-31)45-44(17-10-24-48-45)50(43)35-26-32(39-14-6-8-22-46-39)25-33(27-35)40-15-7-9-23-47-40/h1-23,25-29,48H,24H2. The summed E-state index contributed by atoms with van der Waals surface area (Å²) in [4.78, 5) is 9.41. The first-order valence-corrected chi connectivity index (χ1v) is 17.0. The number of nitrogens with one attached hydrogen (secondary N) is 1. The van der Waals surface area contributed by atoms with Gasteiger partial charge in [0.15, 0.2) is 0 Å². The van der Waals surface area contributed by atoms with Crippen LogP contribution in [0.25, 0.3) is 83.8 Å². The topological polar surface area (TPSA) is 47.7 Å². The third kappa shape index (κ3) is 4.55. The molecule has 0 atom stereocenters. The molecule has 5 heterocycles. The first-order chi connectivity index (χ1) is 24.8. The number of para-hydroxylation sites is 2. The average Bonchev–Trinajstić information content (AvgIpc) is 3.71. The SMILES string of the molecule is C1=Cc2c(c3cc(-c4ccc5c(c4)c4ccccc4n5-c4ccccc4)ccc3n2-c2cc(-c3ccccn3)cc(-c3ccccn3)c2)NC1. The van der Waals surface area contributed by atoms with E-state index < -0.39 is 0 Å². The van der Waals surface area contributed by atoms with Crippen LogP contribution in [0.2, 0.25) is 0 Å². The fourth-order valence-corrected chi connectivity index (χ4v) is 7.55. The molecule has 0 spiro atoms. The van der Waals surface area contributed by atoms with Crippen LogP contribution in [0.1, 0.15) is 5.69 Å². The molecule has 50 heavy (non-hydrogen) atoms. The molecule has 0 amide bonds. The smallest absolute Gasteiger partial charge is 0.0702 e. The second kappa shape index (κ2) is 11.5. The fourth-order valence-electron chi connectivity index (χ4n) is 7.55.